The molecule has 0 spiro atoms. The number of fused-ring (bicyclic) bond motifs is 3. The van der Waals surface area contributed by atoms with Crippen LogP contribution in [0.2, 0.25) is 0 Å². The molecule has 0 saturated carbocycles. The Morgan fingerprint density at radius 3 is 2.66 bits per heavy atom. The molecule has 0 aliphatic carbocycles. The van der Waals surface area contributed by atoms with E-state index in [1.165, 1.54) is 16.6 Å². The number of hydrogen-bond donors (Lipinski definition) is 2. The van der Waals surface area contributed by atoms with Gasteiger partial charge in [-0.25, -0.2) is 0 Å². The summed E-state index contributed by atoms with van der Waals surface area (Å²) >= 11 is 0. The Morgan fingerprint density at radius 2 is 1.84 bits per heavy atom. The molecular formula is C27H28N2O3. The van der Waals surface area contributed by atoms with Crippen molar-refractivity contribution in [1.29, 1.82) is 0 Å². The molecule has 32 heavy (non-hydrogen) atoms. The van der Waals surface area contributed by atoms with E-state index >= 15 is 0 Å². The first-order chi connectivity index (χ1) is 15.8. The van der Waals surface area contributed by atoms with Crippen LogP contribution in [0, 0.1) is 0 Å². The molecule has 164 valence electrons. The number of benzene rings is 3. The first-order valence-corrected chi connectivity index (χ1v) is 11.1. The number of rotatable bonds is 7. The standard InChI is InChI=1S/C27H28N2O3/c1-3-31-27-21(10-7-11-24(27)30-2)25-26-20(14-15-28-25)22-16-19(12-13-23(22)29-26)32-17-18-8-5-4-6-9-18/h4-13,16,25,28-29H,3,14-15,17H2,1-2H3. The van der Waals surface area contributed by atoms with Crippen LogP contribution in [0.25, 0.3) is 10.9 Å². The number of hydrogen-bond acceptors (Lipinski definition) is 4. The third-order valence-corrected chi connectivity index (χ3v) is 6.00. The maximum absolute atomic E-state index is 6.09. The number of methoxy groups -OCH3 is 1. The Morgan fingerprint density at radius 1 is 0.969 bits per heavy atom. The zero-order chi connectivity index (χ0) is 21.9. The van der Waals surface area contributed by atoms with Crippen LogP contribution in [0.4, 0.5) is 0 Å². The highest BCUT2D eigenvalue weighted by Crippen LogP contribution is 2.41. The average molecular weight is 429 g/mol. The van der Waals surface area contributed by atoms with Crippen molar-refractivity contribution in [2.24, 2.45) is 0 Å². The van der Waals surface area contributed by atoms with Gasteiger partial charge in [-0.3, -0.25) is 0 Å². The number of nitrogens with one attached hydrogen (secondary N) is 2. The largest absolute Gasteiger partial charge is 0.493 e. The molecule has 0 radical (unpaired) electrons. The number of aromatic amines is 1. The molecule has 2 heterocycles. The van der Waals surface area contributed by atoms with Gasteiger partial charge in [0.1, 0.15) is 12.4 Å². The SMILES string of the molecule is CCOc1c(OC)cccc1C1NCCc2c1[nH]c1ccc(OCc3ccccc3)cc21. The van der Waals surface area contributed by atoms with Crippen LogP contribution in [0.3, 0.4) is 0 Å². The monoisotopic (exact) mass is 428 g/mol. The Labute approximate surface area is 188 Å². The van der Waals surface area contributed by atoms with Gasteiger partial charge in [-0.2, -0.15) is 0 Å². The lowest BCUT2D eigenvalue weighted by molar-refractivity contribution is 0.304. The van der Waals surface area contributed by atoms with Crippen LogP contribution in [0.1, 0.15) is 35.3 Å². The molecule has 5 nitrogen and oxygen atoms in total. The maximum Gasteiger partial charge on any atom is 0.166 e. The first-order valence-electron chi connectivity index (χ1n) is 11.1. The third kappa shape index (κ3) is 3.80. The van der Waals surface area contributed by atoms with E-state index in [2.05, 4.69) is 40.6 Å². The van der Waals surface area contributed by atoms with Crippen molar-refractivity contribution in [3.8, 4) is 17.2 Å². The fourth-order valence-electron chi connectivity index (χ4n) is 4.52. The highest BCUT2D eigenvalue weighted by molar-refractivity contribution is 5.87. The summed E-state index contributed by atoms with van der Waals surface area (Å²) < 4.78 is 17.7. The fourth-order valence-corrected chi connectivity index (χ4v) is 4.52. The molecule has 1 aliphatic rings. The average Bonchev–Trinajstić information content (AvgIpc) is 3.22. The number of ether oxygens (including phenoxy) is 3. The zero-order valence-electron chi connectivity index (χ0n) is 18.5. The molecule has 5 rings (SSSR count). The van der Waals surface area contributed by atoms with Gasteiger partial charge < -0.3 is 24.5 Å². The highest BCUT2D eigenvalue weighted by Gasteiger charge is 2.28. The van der Waals surface area contributed by atoms with Gasteiger partial charge in [0.2, 0.25) is 0 Å². The van der Waals surface area contributed by atoms with E-state index in [1.807, 2.05) is 43.3 Å². The summed E-state index contributed by atoms with van der Waals surface area (Å²) in [6.45, 7) is 4.03. The smallest absolute Gasteiger partial charge is 0.166 e. The predicted molar refractivity (Wildman–Crippen MR) is 127 cm³/mol. The van der Waals surface area contributed by atoms with E-state index in [0.717, 1.165) is 46.9 Å². The van der Waals surface area contributed by atoms with Crippen LogP contribution in [0.15, 0.2) is 66.7 Å². The quantitative estimate of drug-likeness (QED) is 0.414. The normalized spacial score (nSPS) is 15.4. The van der Waals surface area contributed by atoms with Gasteiger partial charge in [-0.1, -0.05) is 42.5 Å². The number of para-hydroxylation sites is 1. The molecule has 0 fully saturated rings. The Balaban J connectivity index is 1.50. The molecule has 1 aromatic heterocycles. The first kappa shape index (κ1) is 20.5. The molecular weight excluding hydrogens is 400 g/mol. The summed E-state index contributed by atoms with van der Waals surface area (Å²) in [6, 6.07) is 22.6. The minimum Gasteiger partial charge on any atom is -0.493 e. The molecule has 4 aromatic rings. The Bertz CT molecular complexity index is 1220. The summed E-state index contributed by atoms with van der Waals surface area (Å²) in [4.78, 5) is 3.66. The lowest BCUT2D eigenvalue weighted by Gasteiger charge is -2.27. The Kier molecular flexibility index (Phi) is 5.73. The van der Waals surface area contributed by atoms with Gasteiger partial charge in [0.15, 0.2) is 11.5 Å². The lowest BCUT2D eigenvalue weighted by atomic mass is 9.93. The molecule has 0 amide bonds. The second-order valence-electron chi connectivity index (χ2n) is 7.95. The van der Waals surface area contributed by atoms with E-state index in [-0.39, 0.29) is 6.04 Å². The van der Waals surface area contributed by atoms with Crippen molar-refractivity contribution >= 4 is 10.9 Å². The van der Waals surface area contributed by atoms with Crippen LogP contribution in [0.5, 0.6) is 17.2 Å². The van der Waals surface area contributed by atoms with Crippen molar-refractivity contribution in [2.45, 2.75) is 26.0 Å². The van der Waals surface area contributed by atoms with Crippen molar-refractivity contribution in [3.05, 3.63) is 89.1 Å². The van der Waals surface area contributed by atoms with Gasteiger partial charge in [0.05, 0.1) is 19.8 Å². The minimum atomic E-state index is 0.0106. The van der Waals surface area contributed by atoms with Gasteiger partial charge >= 0.3 is 0 Å². The summed E-state index contributed by atoms with van der Waals surface area (Å²) in [7, 11) is 1.68. The molecule has 0 bridgehead atoms. The van der Waals surface area contributed by atoms with E-state index < -0.39 is 0 Å². The molecule has 5 heteroatoms. The summed E-state index contributed by atoms with van der Waals surface area (Å²) in [5.41, 5.74) is 5.88. The van der Waals surface area contributed by atoms with Gasteiger partial charge in [0, 0.05) is 28.7 Å². The van der Waals surface area contributed by atoms with Crippen molar-refractivity contribution in [1.82, 2.24) is 10.3 Å². The predicted octanol–water partition coefficient (Wildman–Crippen LogP) is 5.39. The van der Waals surface area contributed by atoms with E-state index in [4.69, 9.17) is 14.2 Å². The van der Waals surface area contributed by atoms with Crippen LogP contribution in [-0.2, 0) is 13.0 Å². The summed E-state index contributed by atoms with van der Waals surface area (Å²) in [6.07, 6.45) is 0.960. The van der Waals surface area contributed by atoms with Crippen molar-refractivity contribution in [3.63, 3.8) is 0 Å². The molecule has 2 N–H and O–H groups in total. The topological polar surface area (TPSA) is 55.5 Å². The summed E-state index contributed by atoms with van der Waals surface area (Å²) in [5, 5.41) is 4.89. The van der Waals surface area contributed by atoms with Gasteiger partial charge in [-0.15, -0.1) is 0 Å². The van der Waals surface area contributed by atoms with E-state index in [9.17, 15) is 0 Å². The third-order valence-electron chi connectivity index (χ3n) is 6.00. The lowest BCUT2D eigenvalue weighted by Crippen LogP contribution is -2.30. The van der Waals surface area contributed by atoms with Crippen LogP contribution >= 0.6 is 0 Å². The highest BCUT2D eigenvalue weighted by atomic mass is 16.5. The van der Waals surface area contributed by atoms with E-state index in [0.29, 0.717) is 13.2 Å². The van der Waals surface area contributed by atoms with Crippen molar-refractivity contribution in [2.75, 3.05) is 20.3 Å². The van der Waals surface area contributed by atoms with Crippen molar-refractivity contribution < 1.29 is 14.2 Å². The Hall–Kier alpha value is -3.44. The fraction of sp³-hybridized carbons (Fsp3) is 0.259. The van der Waals surface area contributed by atoms with Gasteiger partial charge in [0.25, 0.3) is 0 Å². The maximum atomic E-state index is 6.09. The molecule has 0 saturated heterocycles. The van der Waals surface area contributed by atoms with Gasteiger partial charge in [-0.05, 0) is 48.7 Å². The second-order valence-corrected chi connectivity index (χ2v) is 7.95. The zero-order valence-corrected chi connectivity index (χ0v) is 18.5. The van der Waals surface area contributed by atoms with Crippen LogP contribution in [-0.4, -0.2) is 25.2 Å². The molecule has 1 unspecified atom stereocenters. The molecule has 1 aliphatic heterocycles. The van der Waals surface area contributed by atoms with E-state index in [1.54, 1.807) is 7.11 Å². The molecule has 3 aromatic carbocycles. The second kappa shape index (κ2) is 8.97. The van der Waals surface area contributed by atoms with Crippen LogP contribution < -0.4 is 19.5 Å². The number of aromatic nitrogens is 1. The number of H-pyrrole nitrogens is 1. The molecule has 1 atom stereocenters. The minimum absolute atomic E-state index is 0.0106. The summed E-state index contributed by atoms with van der Waals surface area (Å²) in [5.74, 6) is 2.44.